The number of hydrogen-bond acceptors (Lipinski definition) is 3. The Bertz CT molecular complexity index is 596. The Hall–Kier alpha value is -2.37. The second-order valence-electron chi connectivity index (χ2n) is 5.20. The maximum atomic E-state index is 11.9. The minimum atomic E-state index is -0.102. The number of nitrogens with one attached hydrogen (secondary N) is 2. The molecular weight excluding hydrogens is 266 g/mol. The summed E-state index contributed by atoms with van der Waals surface area (Å²) in [6.07, 6.45) is 6.03. The van der Waals surface area contributed by atoms with E-state index in [0.29, 0.717) is 6.54 Å². The maximum Gasteiger partial charge on any atom is 0.315 e. The van der Waals surface area contributed by atoms with Gasteiger partial charge in [-0.3, -0.25) is 4.68 Å². The van der Waals surface area contributed by atoms with Gasteiger partial charge in [0, 0.05) is 13.1 Å². The van der Waals surface area contributed by atoms with Gasteiger partial charge >= 0.3 is 6.03 Å². The Balaban J connectivity index is 1.41. The molecule has 0 radical (unpaired) electrons. The Morgan fingerprint density at radius 1 is 1.38 bits per heavy atom. The van der Waals surface area contributed by atoms with Gasteiger partial charge < -0.3 is 10.6 Å². The minimum Gasteiger partial charge on any atom is -0.338 e. The van der Waals surface area contributed by atoms with Crippen molar-refractivity contribution in [2.24, 2.45) is 0 Å². The minimum absolute atomic E-state index is 0.102. The third-order valence-electron chi connectivity index (χ3n) is 3.75. The van der Waals surface area contributed by atoms with Crippen LogP contribution in [-0.4, -0.2) is 27.3 Å². The van der Waals surface area contributed by atoms with Crippen molar-refractivity contribution in [2.45, 2.75) is 31.8 Å². The summed E-state index contributed by atoms with van der Waals surface area (Å²) in [5.74, 6) is 0. The van der Waals surface area contributed by atoms with E-state index < -0.39 is 0 Å². The van der Waals surface area contributed by atoms with E-state index in [1.165, 1.54) is 17.5 Å². The van der Waals surface area contributed by atoms with E-state index in [-0.39, 0.29) is 12.1 Å². The van der Waals surface area contributed by atoms with Gasteiger partial charge in [-0.25, -0.2) is 9.78 Å². The first-order valence-corrected chi connectivity index (χ1v) is 7.27. The van der Waals surface area contributed by atoms with Crippen LogP contribution in [0.15, 0.2) is 36.9 Å². The number of carbonyl (C=O) groups excluding carboxylic acids is 1. The monoisotopic (exact) mass is 285 g/mol. The van der Waals surface area contributed by atoms with Crippen molar-refractivity contribution in [3.05, 3.63) is 48.0 Å². The number of rotatable bonds is 5. The molecule has 0 bridgehead atoms. The van der Waals surface area contributed by atoms with Gasteiger partial charge in [0.1, 0.15) is 12.7 Å². The van der Waals surface area contributed by atoms with Crippen molar-refractivity contribution in [1.29, 1.82) is 0 Å². The molecule has 1 atom stereocenters. The fourth-order valence-corrected chi connectivity index (χ4v) is 2.71. The average molecular weight is 285 g/mol. The van der Waals surface area contributed by atoms with Crippen LogP contribution in [0.5, 0.6) is 0 Å². The first-order valence-electron chi connectivity index (χ1n) is 7.27. The molecule has 0 saturated carbocycles. The summed E-state index contributed by atoms with van der Waals surface area (Å²) >= 11 is 0. The molecule has 0 spiro atoms. The van der Waals surface area contributed by atoms with Gasteiger partial charge in [0.25, 0.3) is 0 Å². The van der Waals surface area contributed by atoms with Crippen LogP contribution in [-0.2, 0) is 13.0 Å². The van der Waals surface area contributed by atoms with E-state index in [2.05, 4.69) is 32.8 Å². The van der Waals surface area contributed by atoms with Crippen molar-refractivity contribution in [2.75, 3.05) is 6.54 Å². The number of carbonyl (C=O) groups is 1. The van der Waals surface area contributed by atoms with Crippen LogP contribution >= 0.6 is 0 Å². The molecule has 0 aliphatic heterocycles. The van der Waals surface area contributed by atoms with Crippen molar-refractivity contribution < 1.29 is 4.79 Å². The second-order valence-corrected chi connectivity index (χ2v) is 5.20. The van der Waals surface area contributed by atoms with Gasteiger partial charge in [0.2, 0.25) is 0 Å². The largest absolute Gasteiger partial charge is 0.338 e. The number of hydrogen-bond donors (Lipinski definition) is 2. The van der Waals surface area contributed by atoms with Gasteiger partial charge in [0.15, 0.2) is 0 Å². The lowest BCUT2D eigenvalue weighted by molar-refractivity contribution is 0.236. The highest BCUT2D eigenvalue weighted by Crippen LogP contribution is 2.30. The highest BCUT2D eigenvalue weighted by atomic mass is 16.2. The smallest absolute Gasteiger partial charge is 0.315 e. The zero-order valence-electron chi connectivity index (χ0n) is 11.8. The lowest BCUT2D eigenvalue weighted by Crippen LogP contribution is -2.38. The molecule has 1 heterocycles. The van der Waals surface area contributed by atoms with Gasteiger partial charge in [-0.1, -0.05) is 24.3 Å². The molecule has 1 unspecified atom stereocenters. The molecule has 6 heteroatoms. The molecule has 0 fully saturated rings. The second kappa shape index (κ2) is 6.39. The summed E-state index contributed by atoms with van der Waals surface area (Å²) < 4.78 is 1.76. The molecule has 2 aromatic rings. The first kappa shape index (κ1) is 13.6. The summed E-state index contributed by atoms with van der Waals surface area (Å²) in [6.45, 7) is 1.38. The van der Waals surface area contributed by atoms with E-state index in [4.69, 9.17) is 0 Å². The molecule has 6 nitrogen and oxygen atoms in total. The lowest BCUT2D eigenvalue weighted by Gasteiger charge is -2.14. The summed E-state index contributed by atoms with van der Waals surface area (Å²) in [5.41, 5.74) is 2.59. The predicted molar refractivity (Wildman–Crippen MR) is 78.7 cm³/mol. The SMILES string of the molecule is O=C(NCCCn1cncn1)NC1CCc2ccccc21. The van der Waals surface area contributed by atoms with Crippen LogP contribution in [0.1, 0.15) is 30.0 Å². The van der Waals surface area contributed by atoms with E-state index in [0.717, 1.165) is 25.8 Å². The predicted octanol–water partition coefficient (Wildman–Crippen LogP) is 1.65. The Morgan fingerprint density at radius 2 is 2.29 bits per heavy atom. The molecule has 1 aromatic carbocycles. The van der Waals surface area contributed by atoms with Crippen LogP contribution in [0.3, 0.4) is 0 Å². The number of nitrogens with zero attached hydrogens (tertiary/aromatic N) is 3. The van der Waals surface area contributed by atoms with Crippen molar-refractivity contribution in [1.82, 2.24) is 25.4 Å². The van der Waals surface area contributed by atoms with Gasteiger partial charge in [0.05, 0.1) is 6.04 Å². The van der Waals surface area contributed by atoms with Gasteiger partial charge in [-0.05, 0) is 30.4 Å². The van der Waals surface area contributed by atoms with Crippen molar-refractivity contribution >= 4 is 6.03 Å². The van der Waals surface area contributed by atoms with E-state index in [1.54, 1.807) is 11.0 Å². The van der Waals surface area contributed by atoms with Gasteiger partial charge in [-0.2, -0.15) is 5.10 Å². The Kier molecular flexibility index (Phi) is 4.14. The van der Waals surface area contributed by atoms with Crippen LogP contribution in [0.2, 0.25) is 0 Å². The number of aryl methyl sites for hydroxylation is 2. The average Bonchev–Trinajstić information content (AvgIpc) is 3.14. The van der Waals surface area contributed by atoms with Crippen molar-refractivity contribution in [3.8, 4) is 0 Å². The molecule has 2 N–H and O–H groups in total. The Labute approximate surface area is 123 Å². The van der Waals surface area contributed by atoms with E-state index >= 15 is 0 Å². The topological polar surface area (TPSA) is 71.8 Å². The third-order valence-corrected chi connectivity index (χ3v) is 3.75. The molecule has 2 amide bonds. The summed E-state index contributed by atoms with van der Waals surface area (Å²) in [5, 5.41) is 9.95. The highest BCUT2D eigenvalue weighted by Gasteiger charge is 2.22. The molecule has 0 saturated heterocycles. The number of urea groups is 1. The zero-order chi connectivity index (χ0) is 14.5. The maximum absolute atomic E-state index is 11.9. The summed E-state index contributed by atoms with van der Waals surface area (Å²) in [7, 11) is 0. The first-order chi connectivity index (χ1) is 10.3. The number of fused-ring (bicyclic) bond motifs is 1. The fraction of sp³-hybridized carbons (Fsp3) is 0.400. The van der Waals surface area contributed by atoms with Crippen LogP contribution in [0, 0.1) is 0 Å². The molecule has 1 aliphatic carbocycles. The molecule has 21 heavy (non-hydrogen) atoms. The number of amides is 2. The lowest BCUT2D eigenvalue weighted by atomic mass is 10.1. The van der Waals surface area contributed by atoms with E-state index in [1.807, 2.05) is 12.1 Å². The highest BCUT2D eigenvalue weighted by molar-refractivity contribution is 5.74. The van der Waals surface area contributed by atoms with Crippen molar-refractivity contribution in [3.63, 3.8) is 0 Å². The molecule has 1 aromatic heterocycles. The van der Waals surface area contributed by atoms with E-state index in [9.17, 15) is 4.79 Å². The van der Waals surface area contributed by atoms with Gasteiger partial charge in [-0.15, -0.1) is 0 Å². The Morgan fingerprint density at radius 3 is 3.14 bits per heavy atom. The zero-order valence-corrected chi connectivity index (χ0v) is 11.8. The quantitative estimate of drug-likeness (QED) is 0.821. The van der Waals surface area contributed by atoms with Crippen LogP contribution < -0.4 is 10.6 Å². The van der Waals surface area contributed by atoms with Crippen LogP contribution in [0.25, 0.3) is 0 Å². The fourth-order valence-electron chi connectivity index (χ4n) is 2.71. The number of benzene rings is 1. The normalized spacial score (nSPS) is 16.5. The molecule has 1 aliphatic rings. The number of aromatic nitrogens is 3. The summed E-state index contributed by atoms with van der Waals surface area (Å²) in [4.78, 5) is 15.8. The standard InChI is InChI=1S/C15H19N5O/c21-15(17-8-3-9-20-11-16-10-18-20)19-14-7-6-12-4-1-2-5-13(12)14/h1-2,4-5,10-11,14H,3,6-9H2,(H2,17,19,21). The summed E-state index contributed by atoms with van der Waals surface area (Å²) in [6, 6.07) is 8.33. The third kappa shape index (κ3) is 3.39. The molecular formula is C15H19N5O. The van der Waals surface area contributed by atoms with Crippen LogP contribution in [0.4, 0.5) is 4.79 Å². The molecule has 3 rings (SSSR count). The molecule has 110 valence electrons.